The maximum atomic E-state index is 9.73. The van der Waals surface area contributed by atoms with E-state index in [-0.39, 0.29) is 5.75 Å². The van der Waals surface area contributed by atoms with Crippen molar-refractivity contribution in [3.8, 4) is 17.1 Å². The van der Waals surface area contributed by atoms with Gasteiger partial charge in [-0.25, -0.2) is 0 Å². The maximum Gasteiger partial charge on any atom is 0.139 e. The smallest absolute Gasteiger partial charge is 0.139 e. The quantitative estimate of drug-likeness (QED) is 0.662. The van der Waals surface area contributed by atoms with Crippen LogP contribution >= 0.6 is 0 Å². The molecule has 16 heavy (non-hydrogen) atoms. The van der Waals surface area contributed by atoms with Gasteiger partial charge >= 0.3 is 0 Å². The Balaban J connectivity index is 2.23. The standard InChI is InChI=1S/C14H10O2/c15-12-7-3-2-6-11(12)14-9-10-5-1-4-8-13(10)16-14/h1-9,15H. The molecule has 1 N–H and O–H groups in total. The number of rotatable bonds is 1. The summed E-state index contributed by atoms with van der Waals surface area (Å²) in [6.07, 6.45) is 0. The average molecular weight is 210 g/mol. The monoisotopic (exact) mass is 210 g/mol. The molecule has 78 valence electrons. The molecule has 0 saturated carbocycles. The van der Waals surface area contributed by atoms with Gasteiger partial charge in [-0.2, -0.15) is 0 Å². The minimum absolute atomic E-state index is 0.238. The third-order valence-corrected chi connectivity index (χ3v) is 2.60. The van der Waals surface area contributed by atoms with Gasteiger partial charge in [-0.15, -0.1) is 0 Å². The predicted molar refractivity (Wildman–Crippen MR) is 63.3 cm³/mol. The Morgan fingerprint density at radius 1 is 0.875 bits per heavy atom. The zero-order valence-corrected chi connectivity index (χ0v) is 8.55. The summed E-state index contributed by atoms with van der Waals surface area (Å²) in [4.78, 5) is 0. The number of para-hydroxylation sites is 2. The summed E-state index contributed by atoms with van der Waals surface area (Å²) in [5, 5.41) is 10.8. The maximum absolute atomic E-state index is 9.73. The van der Waals surface area contributed by atoms with Crippen LogP contribution in [0.4, 0.5) is 0 Å². The number of phenols is 1. The fourth-order valence-electron chi connectivity index (χ4n) is 1.80. The molecule has 3 aromatic rings. The molecule has 0 aliphatic rings. The number of phenolic OH excluding ortho intramolecular Hbond substituents is 1. The molecule has 0 fully saturated rings. The van der Waals surface area contributed by atoms with Gasteiger partial charge in [0.25, 0.3) is 0 Å². The van der Waals surface area contributed by atoms with Crippen LogP contribution in [0.2, 0.25) is 0 Å². The average Bonchev–Trinajstić information content (AvgIpc) is 2.73. The molecule has 2 nitrogen and oxygen atoms in total. The van der Waals surface area contributed by atoms with Crippen molar-refractivity contribution in [3.05, 3.63) is 54.6 Å². The molecule has 0 saturated heterocycles. The summed E-state index contributed by atoms with van der Waals surface area (Å²) >= 11 is 0. The fourth-order valence-corrected chi connectivity index (χ4v) is 1.80. The number of hydrogen-bond acceptors (Lipinski definition) is 2. The van der Waals surface area contributed by atoms with Crippen molar-refractivity contribution >= 4 is 11.0 Å². The lowest BCUT2D eigenvalue weighted by atomic mass is 10.1. The summed E-state index contributed by atoms with van der Waals surface area (Å²) in [6.45, 7) is 0. The lowest BCUT2D eigenvalue weighted by Gasteiger charge is -1.98. The van der Waals surface area contributed by atoms with E-state index in [1.165, 1.54) is 0 Å². The van der Waals surface area contributed by atoms with E-state index >= 15 is 0 Å². The molecule has 0 unspecified atom stereocenters. The van der Waals surface area contributed by atoms with E-state index in [2.05, 4.69) is 0 Å². The first-order valence-electron chi connectivity index (χ1n) is 5.11. The molecule has 0 atom stereocenters. The summed E-state index contributed by atoms with van der Waals surface area (Å²) < 4.78 is 5.67. The highest BCUT2D eigenvalue weighted by Crippen LogP contribution is 2.32. The van der Waals surface area contributed by atoms with Crippen LogP contribution in [-0.2, 0) is 0 Å². The van der Waals surface area contributed by atoms with E-state index in [4.69, 9.17) is 4.42 Å². The van der Waals surface area contributed by atoms with Gasteiger partial charge in [0, 0.05) is 5.39 Å². The molecule has 1 heterocycles. The predicted octanol–water partition coefficient (Wildman–Crippen LogP) is 3.81. The van der Waals surface area contributed by atoms with Crippen LogP contribution in [0.5, 0.6) is 5.75 Å². The van der Waals surface area contributed by atoms with Gasteiger partial charge in [-0.05, 0) is 24.3 Å². The highest BCUT2D eigenvalue weighted by Gasteiger charge is 2.08. The Labute approximate surface area is 92.8 Å². The second kappa shape index (κ2) is 3.42. The lowest BCUT2D eigenvalue weighted by molar-refractivity contribution is 0.475. The van der Waals surface area contributed by atoms with Crippen LogP contribution in [0.3, 0.4) is 0 Å². The molecular weight excluding hydrogens is 200 g/mol. The van der Waals surface area contributed by atoms with Crippen molar-refractivity contribution in [2.45, 2.75) is 0 Å². The first kappa shape index (κ1) is 9.04. The van der Waals surface area contributed by atoms with E-state index < -0.39 is 0 Å². The molecular formula is C14H10O2. The molecule has 0 amide bonds. The Hall–Kier alpha value is -2.22. The second-order valence-electron chi connectivity index (χ2n) is 3.67. The highest BCUT2D eigenvalue weighted by atomic mass is 16.3. The Bertz CT molecular complexity index is 605. The van der Waals surface area contributed by atoms with E-state index in [0.29, 0.717) is 5.76 Å². The topological polar surface area (TPSA) is 33.4 Å². The van der Waals surface area contributed by atoms with E-state index in [9.17, 15) is 5.11 Å². The SMILES string of the molecule is Oc1ccccc1-c1cc2ccccc2o1. The van der Waals surface area contributed by atoms with Gasteiger partial charge in [-0.3, -0.25) is 0 Å². The lowest BCUT2D eigenvalue weighted by Crippen LogP contribution is -1.73. The number of benzene rings is 2. The molecule has 1 aromatic heterocycles. The van der Waals surface area contributed by atoms with Crippen molar-refractivity contribution in [1.82, 2.24) is 0 Å². The fraction of sp³-hybridized carbons (Fsp3) is 0. The molecule has 0 spiro atoms. The van der Waals surface area contributed by atoms with E-state index in [1.54, 1.807) is 12.1 Å². The van der Waals surface area contributed by atoms with E-state index in [0.717, 1.165) is 16.5 Å². The molecule has 0 aliphatic carbocycles. The minimum Gasteiger partial charge on any atom is -0.507 e. The largest absolute Gasteiger partial charge is 0.507 e. The van der Waals surface area contributed by atoms with E-state index in [1.807, 2.05) is 42.5 Å². The van der Waals surface area contributed by atoms with Gasteiger partial charge in [0.15, 0.2) is 0 Å². The van der Waals surface area contributed by atoms with Crippen molar-refractivity contribution in [2.24, 2.45) is 0 Å². The normalized spacial score (nSPS) is 10.8. The van der Waals surface area contributed by atoms with Crippen LogP contribution in [0, 0.1) is 0 Å². The Kier molecular flexibility index (Phi) is 1.93. The summed E-state index contributed by atoms with van der Waals surface area (Å²) in [5.41, 5.74) is 1.56. The number of fused-ring (bicyclic) bond motifs is 1. The highest BCUT2D eigenvalue weighted by molar-refractivity contribution is 5.83. The Morgan fingerprint density at radius 2 is 1.62 bits per heavy atom. The van der Waals surface area contributed by atoms with Gasteiger partial charge in [0.1, 0.15) is 17.1 Å². The van der Waals surface area contributed by atoms with Crippen molar-refractivity contribution in [1.29, 1.82) is 0 Å². The van der Waals surface area contributed by atoms with Crippen molar-refractivity contribution in [2.75, 3.05) is 0 Å². The third-order valence-electron chi connectivity index (χ3n) is 2.60. The molecule has 0 bridgehead atoms. The second-order valence-corrected chi connectivity index (χ2v) is 3.67. The summed E-state index contributed by atoms with van der Waals surface area (Å²) in [7, 11) is 0. The van der Waals surface area contributed by atoms with Gasteiger partial charge < -0.3 is 9.52 Å². The van der Waals surface area contributed by atoms with Crippen molar-refractivity contribution < 1.29 is 9.52 Å². The minimum atomic E-state index is 0.238. The van der Waals surface area contributed by atoms with Crippen molar-refractivity contribution in [3.63, 3.8) is 0 Å². The van der Waals surface area contributed by atoms with Gasteiger partial charge in [0.2, 0.25) is 0 Å². The first-order valence-corrected chi connectivity index (χ1v) is 5.11. The van der Waals surface area contributed by atoms with Crippen LogP contribution in [0.25, 0.3) is 22.3 Å². The summed E-state index contributed by atoms with van der Waals surface area (Å²) in [5.74, 6) is 0.931. The van der Waals surface area contributed by atoms with Crippen LogP contribution in [0.1, 0.15) is 0 Å². The van der Waals surface area contributed by atoms with Gasteiger partial charge in [0.05, 0.1) is 5.56 Å². The number of hydrogen-bond donors (Lipinski definition) is 1. The molecule has 2 heteroatoms. The molecule has 0 radical (unpaired) electrons. The molecule has 3 rings (SSSR count). The third kappa shape index (κ3) is 1.36. The molecule has 0 aliphatic heterocycles. The van der Waals surface area contributed by atoms with Crippen LogP contribution in [-0.4, -0.2) is 5.11 Å². The van der Waals surface area contributed by atoms with Crippen LogP contribution in [0.15, 0.2) is 59.0 Å². The van der Waals surface area contributed by atoms with Gasteiger partial charge in [-0.1, -0.05) is 30.3 Å². The number of furan rings is 1. The summed E-state index contributed by atoms with van der Waals surface area (Å²) in [6, 6.07) is 16.9. The first-order chi connectivity index (χ1) is 7.84. The van der Waals surface area contributed by atoms with Crippen LogP contribution < -0.4 is 0 Å². The molecule has 2 aromatic carbocycles. The number of aromatic hydroxyl groups is 1. The Morgan fingerprint density at radius 3 is 2.44 bits per heavy atom. The zero-order valence-electron chi connectivity index (χ0n) is 8.55. The zero-order chi connectivity index (χ0) is 11.0.